The van der Waals surface area contributed by atoms with Gasteiger partial charge in [0.15, 0.2) is 0 Å². The first-order valence-electron chi connectivity index (χ1n) is 11.9. The van der Waals surface area contributed by atoms with Crippen molar-refractivity contribution in [3.05, 3.63) is 71.7 Å². The van der Waals surface area contributed by atoms with Crippen molar-refractivity contribution < 1.29 is 9.26 Å². The highest BCUT2D eigenvalue weighted by Gasteiger charge is 2.24. The van der Waals surface area contributed by atoms with Crippen LogP contribution in [0, 0.1) is 6.92 Å². The van der Waals surface area contributed by atoms with Gasteiger partial charge in [0.1, 0.15) is 22.7 Å². The molecule has 6 rings (SSSR count). The van der Waals surface area contributed by atoms with Gasteiger partial charge in [-0.2, -0.15) is 4.98 Å². The highest BCUT2D eigenvalue weighted by atomic mass is 32.1. The Morgan fingerprint density at radius 1 is 0.944 bits per heavy atom. The monoisotopic (exact) mass is 498 g/mol. The van der Waals surface area contributed by atoms with Gasteiger partial charge >= 0.3 is 0 Å². The Kier molecular flexibility index (Phi) is 6.08. The Balaban J connectivity index is 1.16. The minimum absolute atomic E-state index is 0.635. The molecule has 5 aromatic rings. The molecule has 3 aromatic heterocycles. The van der Waals surface area contributed by atoms with Gasteiger partial charge in [-0.05, 0) is 24.6 Å². The van der Waals surface area contributed by atoms with Gasteiger partial charge in [0.2, 0.25) is 11.7 Å². The van der Waals surface area contributed by atoms with Crippen molar-refractivity contribution >= 4 is 27.4 Å². The largest absolute Gasteiger partial charge is 0.497 e. The summed E-state index contributed by atoms with van der Waals surface area (Å²) < 4.78 is 10.9. The molecule has 1 fully saturated rings. The fourth-order valence-corrected chi connectivity index (χ4v) is 5.44. The molecule has 0 atom stereocenters. The first kappa shape index (κ1) is 22.6. The van der Waals surface area contributed by atoms with Crippen LogP contribution in [0.1, 0.15) is 11.5 Å². The van der Waals surface area contributed by atoms with Gasteiger partial charge in [-0.3, -0.25) is 4.90 Å². The lowest BCUT2D eigenvalue weighted by Crippen LogP contribution is -2.46. The first-order chi connectivity index (χ1) is 17.7. The predicted molar refractivity (Wildman–Crippen MR) is 141 cm³/mol. The zero-order chi connectivity index (χ0) is 24.5. The molecule has 1 saturated heterocycles. The quantitative estimate of drug-likeness (QED) is 0.322. The van der Waals surface area contributed by atoms with Crippen molar-refractivity contribution in [1.82, 2.24) is 25.0 Å². The first-order valence-corrected chi connectivity index (χ1v) is 12.8. The van der Waals surface area contributed by atoms with Gasteiger partial charge in [0.05, 0.1) is 19.0 Å². The third-order valence-electron chi connectivity index (χ3n) is 6.56. The number of hydrogen-bond donors (Lipinski definition) is 0. The number of hydrogen-bond acceptors (Lipinski definition) is 9. The molecule has 36 heavy (non-hydrogen) atoms. The number of aryl methyl sites for hydroxylation is 1. The number of rotatable bonds is 6. The summed E-state index contributed by atoms with van der Waals surface area (Å²) in [5.41, 5.74) is 4.47. The van der Waals surface area contributed by atoms with Crippen LogP contribution in [0.4, 0.5) is 5.82 Å². The molecule has 0 unspecified atom stereocenters. The minimum atomic E-state index is 0.635. The van der Waals surface area contributed by atoms with E-state index in [1.165, 1.54) is 5.56 Å². The summed E-state index contributed by atoms with van der Waals surface area (Å²) in [7, 11) is 1.68. The Hall–Kier alpha value is -3.82. The van der Waals surface area contributed by atoms with Gasteiger partial charge in [-0.15, -0.1) is 11.3 Å². The van der Waals surface area contributed by atoms with Crippen LogP contribution in [0.2, 0.25) is 0 Å². The molecule has 4 heterocycles. The highest BCUT2D eigenvalue weighted by molar-refractivity contribution is 7.17. The average molecular weight is 499 g/mol. The van der Waals surface area contributed by atoms with E-state index >= 15 is 0 Å². The molecule has 1 aliphatic heterocycles. The second kappa shape index (κ2) is 9.67. The molecular weight excluding hydrogens is 472 g/mol. The van der Waals surface area contributed by atoms with Crippen molar-refractivity contribution in [1.29, 1.82) is 0 Å². The fourth-order valence-electron chi connectivity index (χ4n) is 4.53. The second-order valence-corrected chi connectivity index (χ2v) is 9.75. The van der Waals surface area contributed by atoms with E-state index in [0.717, 1.165) is 64.7 Å². The minimum Gasteiger partial charge on any atom is -0.497 e. The van der Waals surface area contributed by atoms with E-state index in [2.05, 4.69) is 61.5 Å². The summed E-state index contributed by atoms with van der Waals surface area (Å²) in [6.07, 6.45) is 1.67. The van der Waals surface area contributed by atoms with Crippen LogP contribution < -0.4 is 9.64 Å². The summed E-state index contributed by atoms with van der Waals surface area (Å²) in [5, 5.41) is 7.46. The van der Waals surface area contributed by atoms with Gasteiger partial charge < -0.3 is 14.2 Å². The normalized spacial score (nSPS) is 14.4. The molecule has 182 valence electrons. The van der Waals surface area contributed by atoms with Crippen LogP contribution in [0.15, 0.2) is 64.8 Å². The molecule has 0 bridgehead atoms. The van der Waals surface area contributed by atoms with Gasteiger partial charge in [0, 0.05) is 42.7 Å². The van der Waals surface area contributed by atoms with E-state index < -0.39 is 0 Å². The van der Waals surface area contributed by atoms with E-state index in [-0.39, 0.29) is 0 Å². The van der Waals surface area contributed by atoms with Crippen LogP contribution in [-0.4, -0.2) is 58.3 Å². The van der Waals surface area contributed by atoms with Crippen LogP contribution in [-0.2, 0) is 6.54 Å². The van der Waals surface area contributed by atoms with E-state index in [0.29, 0.717) is 18.3 Å². The van der Waals surface area contributed by atoms with E-state index in [1.807, 2.05) is 24.3 Å². The summed E-state index contributed by atoms with van der Waals surface area (Å²) in [6, 6.07) is 16.3. The lowest BCUT2D eigenvalue weighted by Gasteiger charge is -2.35. The van der Waals surface area contributed by atoms with Crippen molar-refractivity contribution in [2.24, 2.45) is 0 Å². The maximum Gasteiger partial charge on any atom is 0.241 e. The number of benzene rings is 2. The van der Waals surface area contributed by atoms with Crippen molar-refractivity contribution in [3.8, 4) is 28.3 Å². The molecule has 0 N–H and O–H groups in total. The van der Waals surface area contributed by atoms with Gasteiger partial charge in [0.25, 0.3) is 0 Å². The molecule has 0 aliphatic carbocycles. The van der Waals surface area contributed by atoms with Gasteiger partial charge in [-0.25, -0.2) is 9.97 Å². The molecule has 8 nitrogen and oxygen atoms in total. The summed E-state index contributed by atoms with van der Waals surface area (Å²) in [5.74, 6) is 3.11. The third-order valence-corrected chi connectivity index (χ3v) is 7.45. The maximum atomic E-state index is 5.55. The van der Waals surface area contributed by atoms with Crippen LogP contribution in [0.25, 0.3) is 32.7 Å². The number of piperazine rings is 1. The second-order valence-electron chi connectivity index (χ2n) is 8.90. The average Bonchev–Trinajstić information content (AvgIpc) is 3.57. The van der Waals surface area contributed by atoms with Crippen molar-refractivity contribution in [3.63, 3.8) is 0 Å². The molecule has 0 amide bonds. The zero-order valence-electron chi connectivity index (χ0n) is 20.2. The van der Waals surface area contributed by atoms with E-state index in [4.69, 9.17) is 14.2 Å². The summed E-state index contributed by atoms with van der Waals surface area (Å²) in [6.45, 7) is 6.20. The SMILES string of the molecule is COc1ccc(-c2csc3ncnc(N4CCN(Cc5nc(-c6ccc(C)cc6)no5)CC4)c23)cc1. The van der Waals surface area contributed by atoms with Crippen LogP contribution in [0.5, 0.6) is 5.75 Å². The summed E-state index contributed by atoms with van der Waals surface area (Å²) >= 11 is 1.65. The molecule has 0 radical (unpaired) electrons. The number of thiophene rings is 1. The maximum absolute atomic E-state index is 5.55. The molecule has 1 aliphatic rings. The fraction of sp³-hybridized carbons (Fsp3) is 0.259. The Labute approximate surface area is 213 Å². The number of methoxy groups -OCH3 is 1. The predicted octanol–water partition coefficient (Wildman–Crippen LogP) is 5.05. The topological polar surface area (TPSA) is 80.4 Å². The molecular formula is C27H26N6O2S. The molecule has 9 heteroatoms. The van der Waals surface area contributed by atoms with E-state index in [1.54, 1.807) is 24.8 Å². The number of ether oxygens (including phenoxy) is 1. The van der Waals surface area contributed by atoms with Gasteiger partial charge in [-0.1, -0.05) is 47.1 Å². The Morgan fingerprint density at radius 2 is 1.69 bits per heavy atom. The third kappa shape index (κ3) is 4.43. The lowest BCUT2D eigenvalue weighted by molar-refractivity contribution is 0.215. The lowest BCUT2D eigenvalue weighted by atomic mass is 10.1. The van der Waals surface area contributed by atoms with Crippen LogP contribution in [0.3, 0.4) is 0 Å². The Morgan fingerprint density at radius 3 is 2.44 bits per heavy atom. The molecule has 0 saturated carbocycles. The molecule has 0 spiro atoms. The molecule has 2 aromatic carbocycles. The highest BCUT2D eigenvalue weighted by Crippen LogP contribution is 2.38. The van der Waals surface area contributed by atoms with Crippen molar-refractivity contribution in [2.45, 2.75) is 13.5 Å². The smallest absolute Gasteiger partial charge is 0.241 e. The van der Waals surface area contributed by atoms with E-state index in [9.17, 15) is 0 Å². The number of anilines is 1. The van der Waals surface area contributed by atoms with Crippen LogP contribution >= 0.6 is 11.3 Å². The summed E-state index contributed by atoms with van der Waals surface area (Å²) in [4.78, 5) is 19.6. The number of aromatic nitrogens is 4. The Bertz CT molecular complexity index is 1470. The van der Waals surface area contributed by atoms with Crippen molar-refractivity contribution in [2.75, 3.05) is 38.2 Å². The standard InChI is InChI=1S/C27H26N6O2S/c1-18-3-5-20(6-4-18)25-30-23(35-31-25)15-32-11-13-33(14-12-32)26-24-22(16-36-27(24)29-17-28-26)19-7-9-21(34-2)10-8-19/h3-10,16-17H,11-15H2,1-2H3. The zero-order valence-corrected chi connectivity index (χ0v) is 21.0. The number of nitrogens with zero attached hydrogens (tertiary/aromatic N) is 6. The number of fused-ring (bicyclic) bond motifs is 1.